The number of hydrogen-bond acceptors (Lipinski definition) is 3. The number of rotatable bonds is 4. The van der Waals surface area contributed by atoms with Crippen LogP contribution >= 0.6 is 23.2 Å². The number of likely N-dealkylation sites (tertiary alicyclic amines) is 1. The Labute approximate surface area is 187 Å². The molecule has 0 aliphatic carbocycles. The molecule has 0 spiro atoms. The second-order valence-electron chi connectivity index (χ2n) is 7.85. The normalized spacial score (nSPS) is 21.1. The lowest BCUT2D eigenvalue weighted by molar-refractivity contribution is -0.137. The van der Waals surface area contributed by atoms with Crippen molar-refractivity contribution in [2.45, 2.75) is 36.6 Å². The van der Waals surface area contributed by atoms with E-state index in [0.29, 0.717) is 31.0 Å². The second-order valence-corrected chi connectivity index (χ2v) is 10.6. The van der Waals surface area contributed by atoms with Gasteiger partial charge in [0.1, 0.15) is 4.90 Å². The summed E-state index contributed by atoms with van der Waals surface area (Å²) in [5.41, 5.74) is 1.17. The van der Waals surface area contributed by atoms with Gasteiger partial charge in [-0.15, -0.1) is 0 Å². The summed E-state index contributed by atoms with van der Waals surface area (Å²) in [6.07, 6.45) is 2.98. The first-order chi connectivity index (χ1) is 14.4. The minimum atomic E-state index is -3.75. The molecular formula is C22H24Cl2N2O3S. The first kappa shape index (κ1) is 21.6. The SMILES string of the molecule is O=C(C1CCN(S(=O)(=O)c2cc(Cl)ccc2Cl)CC1)N1CCC[C@H]1c1ccccc1. The number of sulfonamides is 1. The van der Waals surface area contributed by atoms with Crippen LogP contribution in [0.2, 0.25) is 10.0 Å². The van der Waals surface area contributed by atoms with E-state index in [1.54, 1.807) is 6.07 Å². The molecule has 2 aromatic rings. The average Bonchev–Trinajstić information content (AvgIpc) is 3.25. The van der Waals surface area contributed by atoms with E-state index in [0.717, 1.165) is 19.4 Å². The Morgan fingerprint density at radius 1 is 0.933 bits per heavy atom. The Kier molecular flexibility index (Phi) is 6.39. The van der Waals surface area contributed by atoms with E-state index < -0.39 is 10.0 Å². The molecule has 0 bridgehead atoms. The van der Waals surface area contributed by atoms with E-state index >= 15 is 0 Å². The van der Waals surface area contributed by atoms with Crippen molar-refractivity contribution >= 4 is 39.1 Å². The molecule has 0 unspecified atom stereocenters. The van der Waals surface area contributed by atoms with Crippen molar-refractivity contribution in [2.24, 2.45) is 5.92 Å². The van der Waals surface area contributed by atoms with Gasteiger partial charge in [-0.05, 0) is 49.4 Å². The zero-order valence-electron chi connectivity index (χ0n) is 16.5. The summed E-state index contributed by atoms with van der Waals surface area (Å²) < 4.78 is 27.4. The maximum Gasteiger partial charge on any atom is 0.244 e. The van der Waals surface area contributed by atoms with Gasteiger partial charge in [0.2, 0.25) is 15.9 Å². The Hall–Kier alpha value is -1.60. The Morgan fingerprint density at radius 2 is 1.63 bits per heavy atom. The van der Waals surface area contributed by atoms with E-state index in [1.165, 1.54) is 22.0 Å². The number of halogens is 2. The third kappa shape index (κ3) is 4.24. The highest BCUT2D eigenvalue weighted by atomic mass is 35.5. The third-order valence-electron chi connectivity index (χ3n) is 6.03. The van der Waals surface area contributed by atoms with E-state index in [2.05, 4.69) is 12.1 Å². The molecule has 0 N–H and O–H groups in total. The molecule has 2 heterocycles. The fourth-order valence-corrected chi connectivity index (χ4v) is 6.65. The van der Waals surface area contributed by atoms with Gasteiger partial charge in [-0.25, -0.2) is 8.42 Å². The zero-order valence-corrected chi connectivity index (χ0v) is 18.8. The van der Waals surface area contributed by atoms with Crippen LogP contribution in [0.5, 0.6) is 0 Å². The van der Waals surface area contributed by atoms with Crippen LogP contribution in [-0.4, -0.2) is 43.2 Å². The van der Waals surface area contributed by atoms with Gasteiger partial charge in [-0.3, -0.25) is 4.79 Å². The summed E-state index contributed by atoms with van der Waals surface area (Å²) >= 11 is 12.1. The van der Waals surface area contributed by atoms with Crippen molar-refractivity contribution in [1.29, 1.82) is 0 Å². The smallest absolute Gasteiger partial charge is 0.244 e. The van der Waals surface area contributed by atoms with Crippen LogP contribution in [0.1, 0.15) is 37.3 Å². The highest BCUT2D eigenvalue weighted by Crippen LogP contribution is 2.35. The predicted octanol–water partition coefficient (Wildman–Crippen LogP) is 4.76. The number of benzene rings is 2. The topological polar surface area (TPSA) is 57.7 Å². The molecule has 0 radical (unpaired) electrons. The van der Waals surface area contributed by atoms with Crippen molar-refractivity contribution < 1.29 is 13.2 Å². The molecule has 2 aliphatic rings. The Bertz CT molecular complexity index is 1020. The highest BCUT2D eigenvalue weighted by molar-refractivity contribution is 7.89. The molecule has 2 saturated heterocycles. The molecule has 4 rings (SSSR count). The largest absolute Gasteiger partial charge is 0.335 e. The average molecular weight is 467 g/mol. The molecule has 2 aliphatic heterocycles. The minimum absolute atomic E-state index is 0.0186. The predicted molar refractivity (Wildman–Crippen MR) is 118 cm³/mol. The highest BCUT2D eigenvalue weighted by Gasteiger charge is 2.38. The van der Waals surface area contributed by atoms with Crippen molar-refractivity contribution in [3.05, 3.63) is 64.1 Å². The van der Waals surface area contributed by atoms with Gasteiger partial charge in [0.25, 0.3) is 0 Å². The standard InChI is InChI=1S/C22H24Cl2N2O3S/c23-18-8-9-19(24)21(15-18)30(28,29)25-13-10-17(11-14-25)22(27)26-12-4-7-20(26)16-5-2-1-3-6-16/h1-3,5-6,8-9,15,17,20H,4,7,10-14H2/t20-/m0/s1. The van der Waals surface area contributed by atoms with E-state index in [-0.39, 0.29) is 27.8 Å². The van der Waals surface area contributed by atoms with Crippen LogP contribution in [-0.2, 0) is 14.8 Å². The van der Waals surface area contributed by atoms with Gasteiger partial charge in [0.05, 0.1) is 11.1 Å². The van der Waals surface area contributed by atoms with Crippen LogP contribution in [0.4, 0.5) is 0 Å². The summed E-state index contributed by atoms with van der Waals surface area (Å²) in [4.78, 5) is 15.2. The van der Waals surface area contributed by atoms with Gasteiger partial charge in [-0.1, -0.05) is 53.5 Å². The molecule has 1 atom stereocenters. The van der Waals surface area contributed by atoms with Gasteiger partial charge >= 0.3 is 0 Å². The van der Waals surface area contributed by atoms with Gasteiger partial charge in [0.15, 0.2) is 0 Å². The van der Waals surface area contributed by atoms with Crippen LogP contribution in [0, 0.1) is 5.92 Å². The fourth-order valence-electron chi connectivity index (χ4n) is 4.44. The van der Waals surface area contributed by atoms with Crippen LogP contribution in [0.25, 0.3) is 0 Å². The summed E-state index contributed by atoms with van der Waals surface area (Å²) in [5, 5.41) is 0.476. The first-order valence-corrected chi connectivity index (χ1v) is 12.4. The number of amides is 1. The van der Waals surface area contributed by atoms with E-state index in [9.17, 15) is 13.2 Å². The summed E-state index contributed by atoms with van der Waals surface area (Å²) in [5.74, 6) is -0.0187. The lowest BCUT2D eigenvalue weighted by atomic mass is 9.95. The van der Waals surface area contributed by atoms with Crippen LogP contribution in [0.3, 0.4) is 0 Å². The molecular weight excluding hydrogens is 443 g/mol. The summed E-state index contributed by atoms with van der Waals surface area (Å²) in [6, 6.07) is 14.7. The monoisotopic (exact) mass is 466 g/mol. The van der Waals surface area contributed by atoms with Crippen LogP contribution in [0.15, 0.2) is 53.4 Å². The van der Waals surface area contributed by atoms with Crippen molar-refractivity contribution in [3.63, 3.8) is 0 Å². The van der Waals surface area contributed by atoms with Gasteiger partial charge < -0.3 is 4.90 Å². The second kappa shape index (κ2) is 8.87. The molecule has 0 aromatic heterocycles. The van der Waals surface area contributed by atoms with E-state index in [1.807, 2.05) is 23.1 Å². The molecule has 0 saturated carbocycles. The fraction of sp³-hybridized carbons (Fsp3) is 0.409. The number of nitrogens with zero attached hydrogens (tertiary/aromatic N) is 2. The van der Waals surface area contributed by atoms with Crippen molar-refractivity contribution in [2.75, 3.05) is 19.6 Å². The summed E-state index contributed by atoms with van der Waals surface area (Å²) in [6.45, 7) is 1.35. The minimum Gasteiger partial charge on any atom is -0.335 e. The molecule has 160 valence electrons. The van der Waals surface area contributed by atoms with E-state index in [4.69, 9.17) is 23.2 Å². The molecule has 2 fully saturated rings. The number of piperidine rings is 1. The summed E-state index contributed by atoms with van der Waals surface area (Å²) in [7, 11) is -3.75. The van der Waals surface area contributed by atoms with Gasteiger partial charge in [0, 0.05) is 30.6 Å². The lowest BCUT2D eigenvalue weighted by Gasteiger charge is -2.34. The third-order valence-corrected chi connectivity index (χ3v) is 8.65. The molecule has 2 aromatic carbocycles. The number of carbonyl (C=O) groups excluding carboxylic acids is 1. The lowest BCUT2D eigenvalue weighted by Crippen LogP contribution is -2.44. The van der Waals surface area contributed by atoms with Gasteiger partial charge in [-0.2, -0.15) is 4.31 Å². The number of hydrogen-bond donors (Lipinski definition) is 0. The first-order valence-electron chi connectivity index (χ1n) is 10.2. The zero-order chi connectivity index (χ0) is 21.3. The molecule has 5 nitrogen and oxygen atoms in total. The molecule has 1 amide bonds. The number of carbonyl (C=O) groups is 1. The molecule has 8 heteroatoms. The maximum atomic E-state index is 13.2. The maximum absolute atomic E-state index is 13.2. The van der Waals surface area contributed by atoms with Crippen molar-refractivity contribution in [1.82, 2.24) is 9.21 Å². The Balaban J connectivity index is 1.44. The van der Waals surface area contributed by atoms with Crippen molar-refractivity contribution in [3.8, 4) is 0 Å². The quantitative estimate of drug-likeness (QED) is 0.652. The molecule has 30 heavy (non-hydrogen) atoms. The van der Waals surface area contributed by atoms with Crippen LogP contribution < -0.4 is 0 Å². The Morgan fingerprint density at radius 3 is 2.33 bits per heavy atom.